The summed E-state index contributed by atoms with van der Waals surface area (Å²) in [7, 11) is 1.78. The summed E-state index contributed by atoms with van der Waals surface area (Å²) in [5, 5.41) is 13.7. The Kier molecular flexibility index (Phi) is 5.37. The van der Waals surface area contributed by atoms with E-state index in [1.165, 1.54) is 0 Å². The number of nitrogens with zero attached hydrogens (tertiary/aromatic N) is 2. The minimum Gasteiger partial charge on any atom is -0.393 e. The molecule has 2 N–H and O–H groups in total. The Labute approximate surface area is 124 Å². The van der Waals surface area contributed by atoms with Crippen molar-refractivity contribution < 1.29 is 9.90 Å². The van der Waals surface area contributed by atoms with Gasteiger partial charge in [0.1, 0.15) is 5.01 Å². The van der Waals surface area contributed by atoms with Gasteiger partial charge < -0.3 is 15.3 Å². The predicted octanol–water partition coefficient (Wildman–Crippen LogP) is 2.14. The maximum atomic E-state index is 12.0. The van der Waals surface area contributed by atoms with Crippen LogP contribution in [0.25, 0.3) is 0 Å². The molecule has 1 heterocycles. The molecule has 5 nitrogen and oxygen atoms in total. The molecule has 1 aromatic rings. The van der Waals surface area contributed by atoms with Gasteiger partial charge in [-0.1, -0.05) is 12.8 Å². The second kappa shape index (κ2) is 7.04. The normalized spacial score (nSPS) is 22.6. The highest BCUT2D eigenvalue weighted by molar-refractivity contribution is 7.11. The summed E-state index contributed by atoms with van der Waals surface area (Å²) in [6, 6.07) is -0.101. The van der Waals surface area contributed by atoms with Crippen LogP contribution in [0.3, 0.4) is 0 Å². The quantitative estimate of drug-likeness (QED) is 0.895. The fraction of sp³-hybridized carbons (Fsp3) is 0.714. The van der Waals surface area contributed by atoms with E-state index >= 15 is 0 Å². The van der Waals surface area contributed by atoms with Gasteiger partial charge in [-0.05, 0) is 19.8 Å². The molecular weight excluding hydrogens is 274 g/mol. The van der Waals surface area contributed by atoms with Crippen molar-refractivity contribution >= 4 is 17.4 Å². The second-order valence-corrected chi connectivity index (χ2v) is 6.84. The van der Waals surface area contributed by atoms with Crippen molar-refractivity contribution in [1.82, 2.24) is 15.2 Å². The molecule has 2 rings (SSSR count). The average molecular weight is 297 g/mol. The lowest BCUT2D eigenvalue weighted by atomic mass is 9.86. The van der Waals surface area contributed by atoms with Crippen LogP contribution in [0.5, 0.6) is 0 Å². The molecule has 1 aliphatic carbocycles. The minimum absolute atomic E-state index is 0.101. The fourth-order valence-electron chi connectivity index (χ4n) is 2.61. The van der Waals surface area contributed by atoms with Gasteiger partial charge in [-0.25, -0.2) is 9.78 Å². The first-order valence-electron chi connectivity index (χ1n) is 7.14. The third-order valence-corrected chi connectivity index (χ3v) is 4.70. The molecule has 2 atom stereocenters. The van der Waals surface area contributed by atoms with Crippen LogP contribution in [-0.4, -0.2) is 40.7 Å². The third kappa shape index (κ3) is 4.18. The van der Waals surface area contributed by atoms with E-state index in [0.717, 1.165) is 35.6 Å². The predicted molar refractivity (Wildman–Crippen MR) is 79.7 cm³/mol. The molecule has 2 unspecified atom stereocenters. The molecule has 0 spiro atoms. The zero-order valence-electron chi connectivity index (χ0n) is 12.1. The Balaban J connectivity index is 1.76. The molecule has 1 fully saturated rings. The summed E-state index contributed by atoms with van der Waals surface area (Å²) in [6.45, 7) is 3.08. The first-order valence-corrected chi connectivity index (χ1v) is 7.96. The first-order chi connectivity index (χ1) is 9.56. The number of aryl methyl sites for hydroxylation is 1. The van der Waals surface area contributed by atoms with Gasteiger partial charge in [-0.15, -0.1) is 11.3 Å². The summed E-state index contributed by atoms with van der Waals surface area (Å²) in [6.07, 6.45) is 5.66. The number of aliphatic hydroxyl groups is 1. The number of urea groups is 1. The van der Waals surface area contributed by atoms with Crippen LogP contribution < -0.4 is 5.32 Å². The Hall–Kier alpha value is -1.14. The molecule has 0 radical (unpaired) electrons. The highest BCUT2D eigenvalue weighted by atomic mass is 32.1. The molecule has 0 aliphatic heterocycles. The molecule has 0 saturated heterocycles. The number of amides is 2. The summed E-state index contributed by atoms with van der Waals surface area (Å²) >= 11 is 1.59. The smallest absolute Gasteiger partial charge is 0.317 e. The van der Waals surface area contributed by atoms with Gasteiger partial charge in [0, 0.05) is 30.6 Å². The molecule has 112 valence electrons. The summed E-state index contributed by atoms with van der Waals surface area (Å²) in [5.41, 5.74) is 0. The molecule has 0 bridgehead atoms. The number of hydrogen-bond acceptors (Lipinski definition) is 4. The van der Waals surface area contributed by atoms with Crippen molar-refractivity contribution in [3.8, 4) is 0 Å². The van der Waals surface area contributed by atoms with Crippen LogP contribution in [-0.2, 0) is 6.54 Å². The van der Waals surface area contributed by atoms with Gasteiger partial charge in [0.25, 0.3) is 0 Å². The molecule has 1 saturated carbocycles. The maximum Gasteiger partial charge on any atom is 0.317 e. The average Bonchev–Trinajstić information content (AvgIpc) is 2.84. The van der Waals surface area contributed by atoms with Crippen LogP contribution in [0.15, 0.2) is 6.20 Å². The van der Waals surface area contributed by atoms with E-state index in [-0.39, 0.29) is 18.1 Å². The van der Waals surface area contributed by atoms with Crippen LogP contribution >= 0.6 is 11.3 Å². The zero-order valence-corrected chi connectivity index (χ0v) is 12.9. The molecule has 20 heavy (non-hydrogen) atoms. The summed E-state index contributed by atoms with van der Waals surface area (Å²) in [5.74, 6) is 0.210. The summed E-state index contributed by atoms with van der Waals surface area (Å²) < 4.78 is 0. The number of aromatic nitrogens is 1. The molecule has 2 amide bonds. The van der Waals surface area contributed by atoms with E-state index in [4.69, 9.17) is 0 Å². The van der Waals surface area contributed by atoms with Gasteiger partial charge in [-0.2, -0.15) is 0 Å². The van der Waals surface area contributed by atoms with Gasteiger partial charge in [0.15, 0.2) is 0 Å². The zero-order chi connectivity index (χ0) is 14.5. The lowest BCUT2D eigenvalue weighted by molar-refractivity contribution is 0.0565. The first kappa shape index (κ1) is 15.3. The van der Waals surface area contributed by atoms with Crippen molar-refractivity contribution in [1.29, 1.82) is 0 Å². The number of hydrogen-bond donors (Lipinski definition) is 2. The van der Waals surface area contributed by atoms with Gasteiger partial charge in [0.05, 0.1) is 12.6 Å². The topological polar surface area (TPSA) is 65.5 Å². The van der Waals surface area contributed by atoms with Crippen molar-refractivity contribution in [2.45, 2.75) is 45.3 Å². The fourth-order valence-corrected chi connectivity index (χ4v) is 3.33. The van der Waals surface area contributed by atoms with Crippen molar-refractivity contribution in [3.63, 3.8) is 0 Å². The van der Waals surface area contributed by atoms with Gasteiger partial charge >= 0.3 is 6.03 Å². The Morgan fingerprint density at radius 2 is 2.30 bits per heavy atom. The van der Waals surface area contributed by atoms with E-state index in [2.05, 4.69) is 10.3 Å². The van der Waals surface area contributed by atoms with Gasteiger partial charge in [0.2, 0.25) is 0 Å². The lowest BCUT2D eigenvalue weighted by Crippen LogP contribution is -2.42. The van der Waals surface area contributed by atoms with Crippen molar-refractivity contribution in [3.05, 3.63) is 16.1 Å². The monoisotopic (exact) mass is 297 g/mol. The molecule has 1 aliphatic rings. The second-order valence-electron chi connectivity index (χ2n) is 5.52. The number of rotatable bonds is 4. The van der Waals surface area contributed by atoms with E-state index in [9.17, 15) is 9.90 Å². The number of carbonyl (C=O) groups excluding carboxylic acids is 1. The van der Waals surface area contributed by atoms with Crippen LogP contribution in [0.4, 0.5) is 4.79 Å². The van der Waals surface area contributed by atoms with E-state index in [0.29, 0.717) is 13.1 Å². The Morgan fingerprint density at radius 1 is 1.55 bits per heavy atom. The van der Waals surface area contributed by atoms with Crippen LogP contribution in [0, 0.1) is 12.8 Å². The number of aliphatic hydroxyl groups excluding tert-OH is 1. The third-order valence-electron chi connectivity index (χ3n) is 3.78. The molecule has 6 heteroatoms. The van der Waals surface area contributed by atoms with Crippen molar-refractivity contribution in [2.75, 3.05) is 13.6 Å². The Morgan fingerprint density at radius 3 is 2.95 bits per heavy atom. The molecular formula is C14H23N3O2S. The highest BCUT2D eigenvalue weighted by Crippen LogP contribution is 2.24. The number of nitrogens with one attached hydrogen (secondary N) is 1. The maximum absolute atomic E-state index is 12.0. The SMILES string of the molecule is Cc1cnc(CNC(=O)N(C)CC2CCCCC2O)s1. The van der Waals surface area contributed by atoms with E-state index < -0.39 is 0 Å². The van der Waals surface area contributed by atoms with Crippen LogP contribution in [0.2, 0.25) is 0 Å². The van der Waals surface area contributed by atoms with E-state index in [1.807, 2.05) is 13.1 Å². The molecule has 0 aromatic carbocycles. The van der Waals surface area contributed by atoms with Crippen molar-refractivity contribution in [2.24, 2.45) is 5.92 Å². The molecule has 1 aromatic heterocycles. The largest absolute Gasteiger partial charge is 0.393 e. The highest BCUT2D eigenvalue weighted by Gasteiger charge is 2.25. The number of carbonyl (C=O) groups is 1. The Bertz CT molecular complexity index is 449. The van der Waals surface area contributed by atoms with Gasteiger partial charge in [-0.3, -0.25) is 0 Å². The lowest BCUT2D eigenvalue weighted by Gasteiger charge is -2.31. The van der Waals surface area contributed by atoms with E-state index in [1.54, 1.807) is 23.3 Å². The van der Waals surface area contributed by atoms with Crippen LogP contribution in [0.1, 0.15) is 35.6 Å². The minimum atomic E-state index is -0.263. The summed E-state index contributed by atoms with van der Waals surface area (Å²) in [4.78, 5) is 19.0. The number of thiazole rings is 1. The standard InChI is InChI=1S/C14H23N3O2S/c1-10-7-15-13(20-10)8-16-14(19)17(2)9-11-5-3-4-6-12(11)18/h7,11-12,18H,3-6,8-9H2,1-2H3,(H,16,19).